The fourth-order valence-corrected chi connectivity index (χ4v) is 3.71. The first-order valence-corrected chi connectivity index (χ1v) is 10.4. The predicted molar refractivity (Wildman–Crippen MR) is 109 cm³/mol. The Kier molecular flexibility index (Phi) is 6.63. The second kappa shape index (κ2) is 9.00. The number of anilines is 1. The van der Waals surface area contributed by atoms with E-state index in [1.54, 1.807) is 18.3 Å². The maximum atomic E-state index is 12.6. The molecule has 0 aromatic carbocycles. The lowest BCUT2D eigenvalue weighted by atomic mass is 9.97. The van der Waals surface area contributed by atoms with E-state index in [1.165, 1.54) is 0 Å². The Labute approximate surface area is 177 Å². The first-order chi connectivity index (χ1) is 13.8. The van der Waals surface area contributed by atoms with Crippen LogP contribution in [0, 0.1) is 11.8 Å². The molecule has 1 unspecified atom stereocenters. The summed E-state index contributed by atoms with van der Waals surface area (Å²) in [6.45, 7) is 5.03. The van der Waals surface area contributed by atoms with Gasteiger partial charge in [-0.3, -0.25) is 24.2 Å². The summed E-state index contributed by atoms with van der Waals surface area (Å²) in [6.07, 6.45) is 3.07. The highest BCUT2D eigenvalue weighted by atomic mass is 79.9. The lowest BCUT2D eigenvalue weighted by molar-refractivity contribution is -0.144. The summed E-state index contributed by atoms with van der Waals surface area (Å²) >= 11 is 3.30. The molecule has 0 spiro atoms. The molecule has 5 amide bonds. The number of urea groups is 1. The molecule has 1 N–H and O–H groups in total. The van der Waals surface area contributed by atoms with Crippen LogP contribution < -0.4 is 5.32 Å². The van der Waals surface area contributed by atoms with Crippen LogP contribution in [0.15, 0.2) is 22.8 Å². The second-order valence-corrected chi connectivity index (χ2v) is 8.65. The molecule has 10 heteroatoms. The van der Waals surface area contributed by atoms with E-state index in [1.807, 2.05) is 18.7 Å². The van der Waals surface area contributed by atoms with Crippen molar-refractivity contribution in [3.8, 4) is 0 Å². The van der Waals surface area contributed by atoms with Gasteiger partial charge in [0.15, 0.2) is 0 Å². The van der Waals surface area contributed by atoms with Gasteiger partial charge in [-0.25, -0.2) is 14.7 Å². The average Bonchev–Trinajstić information content (AvgIpc) is 2.88. The van der Waals surface area contributed by atoms with Gasteiger partial charge >= 0.3 is 17.8 Å². The van der Waals surface area contributed by atoms with Gasteiger partial charge in [0, 0.05) is 23.8 Å². The van der Waals surface area contributed by atoms with Gasteiger partial charge in [-0.05, 0) is 53.4 Å². The van der Waals surface area contributed by atoms with Crippen molar-refractivity contribution < 1.29 is 19.2 Å². The zero-order valence-electron chi connectivity index (χ0n) is 16.4. The van der Waals surface area contributed by atoms with Crippen LogP contribution in [0.2, 0.25) is 0 Å². The molecule has 0 saturated carbocycles. The summed E-state index contributed by atoms with van der Waals surface area (Å²) in [5.74, 6) is -1.48. The van der Waals surface area contributed by atoms with Crippen molar-refractivity contribution in [3.63, 3.8) is 0 Å². The number of carbonyl (C=O) groups is 4. The van der Waals surface area contributed by atoms with Crippen molar-refractivity contribution in [1.82, 2.24) is 19.7 Å². The third kappa shape index (κ3) is 4.99. The monoisotopic (exact) mass is 465 g/mol. The SMILES string of the molecule is CC(C)CN1C(=O)C(=O)N(CN2CCCC(C(=O)Nc3ccc(Br)cn3)C2)C1=O. The van der Waals surface area contributed by atoms with Crippen molar-refractivity contribution in [1.29, 1.82) is 0 Å². The summed E-state index contributed by atoms with van der Waals surface area (Å²) in [7, 11) is 0. The van der Waals surface area contributed by atoms with Crippen LogP contribution >= 0.6 is 15.9 Å². The van der Waals surface area contributed by atoms with E-state index in [4.69, 9.17) is 0 Å². The summed E-state index contributed by atoms with van der Waals surface area (Å²) in [5, 5.41) is 2.80. The van der Waals surface area contributed by atoms with E-state index in [0.29, 0.717) is 25.3 Å². The van der Waals surface area contributed by atoms with E-state index >= 15 is 0 Å². The minimum Gasteiger partial charge on any atom is -0.310 e. The van der Waals surface area contributed by atoms with Crippen LogP contribution in [-0.2, 0) is 14.4 Å². The summed E-state index contributed by atoms with van der Waals surface area (Å²) in [4.78, 5) is 57.5. The lowest BCUT2D eigenvalue weighted by Crippen LogP contribution is -2.48. The number of nitrogens with one attached hydrogen (secondary N) is 1. The number of imide groups is 2. The average molecular weight is 466 g/mol. The molecule has 156 valence electrons. The molecular weight excluding hydrogens is 442 g/mol. The largest absolute Gasteiger partial charge is 0.335 e. The smallest absolute Gasteiger partial charge is 0.310 e. The number of pyridine rings is 1. The van der Waals surface area contributed by atoms with Crippen LogP contribution in [-0.4, -0.2) is 69.7 Å². The number of piperidine rings is 1. The highest BCUT2D eigenvalue weighted by molar-refractivity contribution is 9.10. The van der Waals surface area contributed by atoms with E-state index in [9.17, 15) is 19.2 Å². The Bertz CT molecular complexity index is 813. The van der Waals surface area contributed by atoms with E-state index < -0.39 is 17.8 Å². The van der Waals surface area contributed by atoms with Gasteiger partial charge < -0.3 is 5.32 Å². The Balaban J connectivity index is 1.60. The Morgan fingerprint density at radius 1 is 1.24 bits per heavy atom. The van der Waals surface area contributed by atoms with Gasteiger partial charge in [0.2, 0.25) is 5.91 Å². The fraction of sp³-hybridized carbons (Fsp3) is 0.526. The molecule has 0 bridgehead atoms. The number of nitrogens with zero attached hydrogens (tertiary/aromatic N) is 4. The molecule has 1 aromatic rings. The number of likely N-dealkylation sites (tertiary alicyclic amines) is 1. The topological polar surface area (TPSA) is 103 Å². The zero-order valence-corrected chi connectivity index (χ0v) is 18.0. The maximum absolute atomic E-state index is 12.6. The number of hydrogen-bond donors (Lipinski definition) is 1. The molecule has 9 nitrogen and oxygen atoms in total. The molecule has 2 saturated heterocycles. The van der Waals surface area contributed by atoms with Crippen LogP contribution in [0.25, 0.3) is 0 Å². The third-order valence-corrected chi connectivity index (χ3v) is 5.35. The van der Waals surface area contributed by atoms with Gasteiger partial charge in [0.05, 0.1) is 12.6 Å². The Morgan fingerprint density at radius 2 is 1.97 bits per heavy atom. The number of carbonyl (C=O) groups excluding carboxylic acids is 4. The van der Waals surface area contributed by atoms with Crippen molar-refractivity contribution in [2.45, 2.75) is 26.7 Å². The second-order valence-electron chi connectivity index (χ2n) is 7.73. The molecule has 2 fully saturated rings. The zero-order chi connectivity index (χ0) is 21.1. The minimum absolute atomic E-state index is 0.0122. The molecule has 2 aliphatic rings. The Morgan fingerprint density at radius 3 is 2.62 bits per heavy atom. The first-order valence-electron chi connectivity index (χ1n) is 9.58. The fourth-order valence-electron chi connectivity index (χ4n) is 3.48. The quantitative estimate of drug-likeness (QED) is 0.508. The van der Waals surface area contributed by atoms with E-state index in [2.05, 4.69) is 26.2 Å². The van der Waals surface area contributed by atoms with Gasteiger partial charge in [-0.15, -0.1) is 0 Å². The standard InChI is InChI=1S/C19H24BrN5O4/c1-12(2)9-24-17(27)18(28)25(19(24)29)11-23-7-3-4-13(10-23)16(26)22-15-6-5-14(20)8-21-15/h5-6,8,12-13H,3-4,7,9-11H2,1-2H3,(H,21,22,26). The number of aromatic nitrogens is 1. The van der Waals surface area contributed by atoms with Crippen LogP contribution in [0.4, 0.5) is 10.6 Å². The van der Waals surface area contributed by atoms with Crippen LogP contribution in [0.1, 0.15) is 26.7 Å². The van der Waals surface area contributed by atoms with Gasteiger partial charge in [-0.1, -0.05) is 13.8 Å². The van der Waals surface area contributed by atoms with Crippen molar-refractivity contribution in [2.24, 2.45) is 11.8 Å². The molecule has 1 atom stereocenters. The molecule has 2 aliphatic heterocycles. The summed E-state index contributed by atoms with van der Waals surface area (Å²) in [6, 6.07) is 2.92. The van der Waals surface area contributed by atoms with Gasteiger partial charge in [0.1, 0.15) is 5.82 Å². The number of halogens is 1. The molecular formula is C19H24BrN5O4. The van der Waals surface area contributed by atoms with E-state index in [0.717, 1.165) is 20.7 Å². The summed E-state index contributed by atoms with van der Waals surface area (Å²) in [5.41, 5.74) is 0. The normalized spacial score (nSPS) is 20.7. The molecule has 1 aromatic heterocycles. The molecule has 3 heterocycles. The number of hydrogen-bond acceptors (Lipinski definition) is 6. The maximum Gasteiger partial charge on any atom is 0.335 e. The van der Waals surface area contributed by atoms with E-state index in [-0.39, 0.29) is 31.0 Å². The highest BCUT2D eigenvalue weighted by Gasteiger charge is 2.45. The van der Waals surface area contributed by atoms with Crippen molar-refractivity contribution in [2.75, 3.05) is 31.6 Å². The molecule has 0 aliphatic carbocycles. The van der Waals surface area contributed by atoms with Crippen molar-refractivity contribution >= 4 is 45.5 Å². The number of amides is 5. The first kappa shape index (κ1) is 21.4. The summed E-state index contributed by atoms with van der Waals surface area (Å²) < 4.78 is 0.820. The Hall–Kier alpha value is -2.33. The predicted octanol–water partition coefficient (Wildman–Crippen LogP) is 1.90. The molecule has 0 radical (unpaired) electrons. The van der Waals surface area contributed by atoms with Crippen LogP contribution in [0.3, 0.4) is 0 Å². The molecule has 3 rings (SSSR count). The minimum atomic E-state index is -0.804. The molecule has 29 heavy (non-hydrogen) atoms. The number of rotatable bonds is 6. The highest BCUT2D eigenvalue weighted by Crippen LogP contribution is 2.21. The van der Waals surface area contributed by atoms with Crippen LogP contribution in [0.5, 0.6) is 0 Å². The van der Waals surface area contributed by atoms with Gasteiger partial charge in [-0.2, -0.15) is 0 Å². The van der Waals surface area contributed by atoms with Gasteiger partial charge in [0.25, 0.3) is 0 Å². The third-order valence-electron chi connectivity index (χ3n) is 4.88. The lowest BCUT2D eigenvalue weighted by Gasteiger charge is -2.33. The van der Waals surface area contributed by atoms with Crippen molar-refractivity contribution in [3.05, 3.63) is 22.8 Å².